The first-order chi connectivity index (χ1) is 6.83. The molecule has 14 heavy (non-hydrogen) atoms. The van der Waals surface area contributed by atoms with Crippen LogP contribution in [0.25, 0.3) is 0 Å². The van der Waals surface area contributed by atoms with Gasteiger partial charge < -0.3 is 9.47 Å². The predicted molar refractivity (Wildman–Crippen MR) is 64.7 cm³/mol. The van der Waals surface area contributed by atoms with E-state index in [9.17, 15) is 0 Å². The summed E-state index contributed by atoms with van der Waals surface area (Å²) in [5, 5.41) is 0.683. The van der Waals surface area contributed by atoms with Gasteiger partial charge in [0.2, 0.25) is 6.79 Å². The van der Waals surface area contributed by atoms with E-state index in [-0.39, 0.29) is 6.79 Å². The number of alkyl halides is 1. The van der Waals surface area contributed by atoms with Crippen molar-refractivity contribution >= 4 is 34.2 Å². The molecule has 0 N–H and O–H groups in total. The molecule has 0 unspecified atom stereocenters. The highest BCUT2D eigenvalue weighted by molar-refractivity contribution is 14.1. The third-order valence-corrected chi connectivity index (χ3v) is 1.94. The molecule has 0 aromatic heterocycles. The number of rotatable bonds is 3. The highest BCUT2D eigenvalue weighted by Crippen LogP contribution is 2.15. The minimum atomic E-state index is 0.130. The molecule has 2 nitrogen and oxygen atoms in total. The summed E-state index contributed by atoms with van der Waals surface area (Å²) in [5.41, 5.74) is 0. The van der Waals surface area contributed by atoms with E-state index in [1.165, 1.54) is 0 Å². The number of benzene rings is 1. The van der Waals surface area contributed by atoms with E-state index in [1.54, 1.807) is 24.3 Å². The summed E-state index contributed by atoms with van der Waals surface area (Å²) in [4.78, 5) is 0. The Hall–Kier alpha value is -0.600. The van der Waals surface area contributed by atoms with Crippen LogP contribution in [-0.4, -0.2) is 11.2 Å². The van der Waals surface area contributed by atoms with Gasteiger partial charge in [-0.3, -0.25) is 0 Å². The Balaban J connectivity index is 2.28. The van der Waals surface area contributed by atoms with Crippen LogP contribution in [0.15, 0.2) is 24.3 Å². The van der Waals surface area contributed by atoms with Gasteiger partial charge in [-0.2, -0.15) is 0 Å². The molecule has 0 bridgehead atoms. The van der Waals surface area contributed by atoms with E-state index in [4.69, 9.17) is 21.1 Å². The highest BCUT2D eigenvalue weighted by Gasteiger charge is 1.91. The first-order valence-corrected chi connectivity index (χ1v) is 5.77. The Morgan fingerprint density at radius 3 is 2.64 bits per heavy atom. The van der Waals surface area contributed by atoms with Crippen molar-refractivity contribution in [2.24, 2.45) is 0 Å². The summed E-state index contributed by atoms with van der Waals surface area (Å²) in [7, 11) is 0. The SMILES string of the molecule is Clc1ccc(OCOC#CCI)cc1. The lowest BCUT2D eigenvalue weighted by molar-refractivity contribution is 0.0947. The van der Waals surface area contributed by atoms with Crippen molar-refractivity contribution in [2.45, 2.75) is 0 Å². The molecule has 0 atom stereocenters. The summed E-state index contributed by atoms with van der Waals surface area (Å²) >= 11 is 7.85. The van der Waals surface area contributed by atoms with E-state index in [2.05, 4.69) is 34.6 Å². The van der Waals surface area contributed by atoms with E-state index in [0.717, 1.165) is 4.43 Å². The minimum Gasteiger partial charge on any atom is -0.457 e. The molecule has 1 rings (SSSR count). The van der Waals surface area contributed by atoms with Crippen molar-refractivity contribution in [2.75, 3.05) is 11.2 Å². The molecular weight excluding hydrogens is 314 g/mol. The van der Waals surface area contributed by atoms with Crippen LogP contribution in [0.1, 0.15) is 0 Å². The second-order valence-electron chi connectivity index (χ2n) is 2.27. The van der Waals surface area contributed by atoms with Gasteiger partial charge in [0.1, 0.15) is 11.9 Å². The standard InChI is InChI=1S/C10H8ClIO2/c11-9-2-4-10(5-3-9)14-8-13-7-1-6-12/h2-5H,6,8H2. The zero-order valence-corrected chi connectivity index (χ0v) is 10.2. The molecule has 0 aliphatic carbocycles. The molecule has 0 aliphatic rings. The lowest BCUT2D eigenvalue weighted by atomic mass is 10.3. The summed E-state index contributed by atoms with van der Waals surface area (Å²) in [6, 6.07) is 7.07. The van der Waals surface area contributed by atoms with Crippen LogP contribution in [-0.2, 0) is 4.74 Å². The monoisotopic (exact) mass is 322 g/mol. The normalized spacial score (nSPS) is 8.71. The molecule has 0 saturated carbocycles. The van der Waals surface area contributed by atoms with Crippen molar-refractivity contribution in [3.8, 4) is 17.8 Å². The molecule has 74 valence electrons. The van der Waals surface area contributed by atoms with Crippen LogP contribution in [0.4, 0.5) is 0 Å². The van der Waals surface area contributed by atoms with Crippen LogP contribution in [0.2, 0.25) is 5.02 Å². The van der Waals surface area contributed by atoms with Crippen molar-refractivity contribution in [1.82, 2.24) is 0 Å². The number of hydrogen-bond acceptors (Lipinski definition) is 2. The molecule has 4 heteroatoms. The summed E-state index contributed by atoms with van der Waals surface area (Å²) < 4.78 is 10.9. The molecular formula is C10H8ClIO2. The van der Waals surface area contributed by atoms with Gasteiger partial charge in [0.25, 0.3) is 0 Å². The molecule has 1 aromatic rings. The average molecular weight is 323 g/mol. The van der Waals surface area contributed by atoms with Crippen LogP contribution < -0.4 is 4.74 Å². The summed E-state index contributed by atoms with van der Waals surface area (Å²) in [6.07, 6.45) is 2.51. The lowest BCUT2D eigenvalue weighted by Crippen LogP contribution is -1.98. The van der Waals surface area contributed by atoms with Gasteiger partial charge in [-0.25, -0.2) is 0 Å². The Morgan fingerprint density at radius 1 is 1.29 bits per heavy atom. The molecule has 0 aliphatic heterocycles. The molecule has 0 saturated heterocycles. The lowest BCUT2D eigenvalue weighted by Gasteiger charge is -2.02. The van der Waals surface area contributed by atoms with Crippen LogP contribution in [0, 0.1) is 12.0 Å². The minimum absolute atomic E-state index is 0.130. The van der Waals surface area contributed by atoms with Gasteiger partial charge in [0.15, 0.2) is 0 Å². The first kappa shape index (κ1) is 11.5. The van der Waals surface area contributed by atoms with E-state index in [1.807, 2.05) is 0 Å². The van der Waals surface area contributed by atoms with Crippen LogP contribution in [0.3, 0.4) is 0 Å². The van der Waals surface area contributed by atoms with Crippen molar-refractivity contribution in [3.63, 3.8) is 0 Å². The largest absolute Gasteiger partial charge is 0.457 e. The fourth-order valence-corrected chi connectivity index (χ4v) is 1.02. The smallest absolute Gasteiger partial charge is 0.241 e. The zero-order valence-electron chi connectivity index (χ0n) is 7.30. The van der Waals surface area contributed by atoms with Gasteiger partial charge in [0, 0.05) is 5.02 Å². The maximum Gasteiger partial charge on any atom is 0.241 e. The van der Waals surface area contributed by atoms with E-state index < -0.39 is 0 Å². The Labute approximate surface area is 102 Å². The Morgan fingerprint density at radius 2 is 2.00 bits per heavy atom. The molecule has 0 fully saturated rings. The topological polar surface area (TPSA) is 18.5 Å². The Bertz CT molecular complexity index is 326. The van der Waals surface area contributed by atoms with Gasteiger partial charge in [-0.1, -0.05) is 34.2 Å². The predicted octanol–water partition coefficient (Wildman–Crippen LogP) is 3.09. The average Bonchev–Trinajstić information content (AvgIpc) is 2.21. The maximum absolute atomic E-state index is 5.70. The fourth-order valence-electron chi connectivity index (χ4n) is 0.736. The van der Waals surface area contributed by atoms with Crippen molar-refractivity contribution in [1.29, 1.82) is 0 Å². The summed E-state index contributed by atoms with van der Waals surface area (Å²) in [6.45, 7) is 0.130. The number of hydrogen-bond donors (Lipinski definition) is 0. The van der Waals surface area contributed by atoms with Crippen molar-refractivity contribution < 1.29 is 9.47 Å². The molecule has 0 radical (unpaired) electrons. The number of halogens is 2. The third-order valence-electron chi connectivity index (χ3n) is 1.31. The molecule has 0 heterocycles. The van der Waals surface area contributed by atoms with Crippen LogP contribution in [0.5, 0.6) is 5.75 Å². The first-order valence-electron chi connectivity index (χ1n) is 3.87. The zero-order chi connectivity index (χ0) is 10.2. The van der Waals surface area contributed by atoms with Gasteiger partial charge in [-0.05, 0) is 30.2 Å². The van der Waals surface area contributed by atoms with Gasteiger partial charge in [0.05, 0.1) is 4.43 Å². The molecule has 1 aromatic carbocycles. The quantitative estimate of drug-likeness (QED) is 0.280. The molecule has 0 amide bonds. The van der Waals surface area contributed by atoms with E-state index >= 15 is 0 Å². The van der Waals surface area contributed by atoms with Crippen LogP contribution >= 0.6 is 34.2 Å². The second-order valence-corrected chi connectivity index (χ2v) is 3.47. The van der Waals surface area contributed by atoms with Gasteiger partial charge >= 0.3 is 0 Å². The second kappa shape index (κ2) is 6.80. The fraction of sp³-hybridized carbons (Fsp3) is 0.200. The van der Waals surface area contributed by atoms with E-state index in [0.29, 0.717) is 10.8 Å². The van der Waals surface area contributed by atoms with Crippen molar-refractivity contribution in [3.05, 3.63) is 29.3 Å². The van der Waals surface area contributed by atoms with Gasteiger partial charge in [-0.15, -0.1) is 0 Å². The Kier molecular flexibility index (Phi) is 5.57. The number of ether oxygens (including phenoxy) is 2. The summed E-state index contributed by atoms with van der Waals surface area (Å²) in [5.74, 6) is 3.47. The maximum atomic E-state index is 5.70. The third kappa shape index (κ3) is 4.58. The highest BCUT2D eigenvalue weighted by atomic mass is 127. The molecule has 0 spiro atoms.